The van der Waals surface area contributed by atoms with Gasteiger partial charge in [-0.15, -0.1) is 0 Å². The van der Waals surface area contributed by atoms with Crippen molar-refractivity contribution in [1.82, 2.24) is 25.0 Å². The minimum atomic E-state index is 0.0481. The summed E-state index contributed by atoms with van der Waals surface area (Å²) in [6.45, 7) is 2.55. The molecule has 0 bridgehead atoms. The monoisotopic (exact) mass is 387 g/mol. The van der Waals surface area contributed by atoms with Gasteiger partial charge in [0.05, 0.1) is 11.2 Å². The smallest absolute Gasteiger partial charge is 0.317 e. The van der Waals surface area contributed by atoms with Gasteiger partial charge in [0.25, 0.3) is 0 Å². The van der Waals surface area contributed by atoms with Crippen LogP contribution in [0, 0.1) is 0 Å². The minimum Gasteiger partial charge on any atom is -0.335 e. The van der Waals surface area contributed by atoms with Gasteiger partial charge in [-0.05, 0) is 50.3 Å². The number of carbonyl (C=O) groups is 1. The zero-order chi connectivity index (χ0) is 19.4. The van der Waals surface area contributed by atoms with Crippen LogP contribution in [0.25, 0.3) is 22.2 Å². The lowest BCUT2D eigenvalue weighted by atomic mass is 9.82. The summed E-state index contributed by atoms with van der Waals surface area (Å²) in [4.78, 5) is 19.2. The molecule has 1 saturated carbocycles. The van der Waals surface area contributed by atoms with Crippen LogP contribution < -0.4 is 5.32 Å². The first-order valence-electron chi connectivity index (χ1n) is 10.7. The van der Waals surface area contributed by atoms with Crippen LogP contribution in [0.3, 0.4) is 0 Å². The van der Waals surface area contributed by atoms with E-state index >= 15 is 0 Å². The van der Waals surface area contributed by atoms with E-state index < -0.39 is 0 Å². The van der Waals surface area contributed by atoms with Crippen LogP contribution >= 0.6 is 0 Å². The standard InChI is InChI=1S/C23H25N5O/c29-22(25-18-5-3-6-18)27-10-8-23(15-27)9-11-28-21(23)13-20(26-28)17-12-16-4-1-2-7-19(16)24-14-17/h1-2,4,7,12-14,18H,3,5-6,8-11,15H2,(H,25,29). The van der Waals surface area contributed by atoms with E-state index in [0.29, 0.717) is 6.04 Å². The highest BCUT2D eigenvalue weighted by molar-refractivity contribution is 5.82. The lowest BCUT2D eigenvalue weighted by Crippen LogP contribution is -2.47. The number of nitrogens with one attached hydrogen (secondary N) is 1. The number of para-hydroxylation sites is 1. The van der Waals surface area contributed by atoms with Gasteiger partial charge >= 0.3 is 6.03 Å². The van der Waals surface area contributed by atoms with Gasteiger partial charge in [0.15, 0.2) is 0 Å². The number of urea groups is 1. The summed E-state index contributed by atoms with van der Waals surface area (Å²) in [7, 11) is 0. The lowest BCUT2D eigenvalue weighted by Gasteiger charge is -2.30. The Labute approximate surface area is 169 Å². The fourth-order valence-corrected chi connectivity index (χ4v) is 5.09. The number of likely N-dealkylation sites (tertiary alicyclic amines) is 1. The number of rotatable bonds is 2. The first-order valence-corrected chi connectivity index (χ1v) is 10.7. The average Bonchev–Trinajstić information content (AvgIpc) is 3.41. The number of aromatic nitrogens is 3. The molecule has 4 heterocycles. The van der Waals surface area contributed by atoms with Crippen molar-refractivity contribution in [3.63, 3.8) is 0 Å². The Morgan fingerprint density at radius 2 is 2.00 bits per heavy atom. The number of pyridine rings is 1. The second-order valence-electron chi connectivity index (χ2n) is 8.83. The maximum absolute atomic E-state index is 12.6. The highest BCUT2D eigenvalue weighted by atomic mass is 16.2. The van der Waals surface area contributed by atoms with Gasteiger partial charge in [-0.25, -0.2) is 4.79 Å². The van der Waals surface area contributed by atoms with E-state index in [4.69, 9.17) is 5.10 Å². The third kappa shape index (κ3) is 2.73. The summed E-state index contributed by atoms with van der Waals surface area (Å²) in [5, 5.41) is 9.21. The second kappa shape index (κ2) is 6.31. The molecule has 6 heteroatoms. The zero-order valence-electron chi connectivity index (χ0n) is 16.5. The molecule has 29 heavy (non-hydrogen) atoms. The molecule has 6 rings (SSSR count). The molecule has 1 unspecified atom stereocenters. The molecule has 1 atom stereocenters. The number of fused-ring (bicyclic) bond motifs is 3. The molecule has 2 amide bonds. The maximum Gasteiger partial charge on any atom is 0.317 e. The number of amides is 2. The Morgan fingerprint density at radius 1 is 1.14 bits per heavy atom. The minimum absolute atomic E-state index is 0.0481. The molecular weight excluding hydrogens is 362 g/mol. The summed E-state index contributed by atoms with van der Waals surface area (Å²) < 4.78 is 2.15. The molecule has 1 aliphatic carbocycles. The molecule has 1 spiro atoms. The molecule has 3 aromatic rings. The number of carbonyl (C=O) groups excluding carboxylic acids is 1. The molecule has 3 aliphatic rings. The van der Waals surface area contributed by atoms with Crippen molar-refractivity contribution in [2.24, 2.45) is 0 Å². The van der Waals surface area contributed by atoms with Crippen molar-refractivity contribution < 1.29 is 4.79 Å². The first-order chi connectivity index (χ1) is 14.2. The first kappa shape index (κ1) is 17.0. The van der Waals surface area contributed by atoms with Gasteiger partial charge in [-0.2, -0.15) is 5.10 Å². The Hall–Kier alpha value is -2.89. The van der Waals surface area contributed by atoms with Gasteiger partial charge in [0.1, 0.15) is 0 Å². The van der Waals surface area contributed by atoms with E-state index in [2.05, 4.69) is 33.2 Å². The summed E-state index contributed by atoms with van der Waals surface area (Å²) in [5.41, 5.74) is 4.36. The highest BCUT2D eigenvalue weighted by Crippen LogP contribution is 2.43. The second-order valence-corrected chi connectivity index (χ2v) is 8.83. The number of nitrogens with zero attached hydrogens (tertiary/aromatic N) is 4. The predicted molar refractivity (Wildman–Crippen MR) is 112 cm³/mol. The molecule has 2 aliphatic heterocycles. The highest BCUT2D eigenvalue weighted by Gasteiger charge is 2.47. The Bertz CT molecular complexity index is 1100. The molecule has 2 aromatic heterocycles. The molecule has 6 nitrogen and oxygen atoms in total. The quantitative estimate of drug-likeness (QED) is 0.729. The fraction of sp³-hybridized carbons (Fsp3) is 0.435. The SMILES string of the molecule is O=C(NC1CCC1)N1CCC2(CCn3nc(-c4cnc5ccccc5c4)cc32)C1. The van der Waals surface area contributed by atoms with E-state index in [1.807, 2.05) is 29.3 Å². The fourth-order valence-electron chi connectivity index (χ4n) is 5.09. The number of hydrogen-bond donors (Lipinski definition) is 1. The third-order valence-electron chi connectivity index (χ3n) is 7.09. The summed E-state index contributed by atoms with van der Waals surface area (Å²) in [6, 6.07) is 13.1. The van der Waals surface area contributed by atoms with E-state index in [-0.39, 0.29) is 11.4 Å². The van der Waals surface area contributed by atoms with Gasteiger partial charge in [0.2, 0.25) is 0 Å². The largest absolute Gasteiger partial charge is 0.335 e. The molecule has 148 valence electrons. The summed E-state index contributed by atoms with van der Waals surface area (Å²) >= 11 is 0. The van der Waals surface area contributed by atoms with Crippen molar-refractivity contribution in [2.45, 2.75) is 50.1 Å². The lowest BCUT2D eigenvalue weighted by molar-refractivity contribution is 0.193. The van der Waals surface area contributed by atoms with E-state index in [1.54, 1.807) is 0 Å². The molecule has 1 N–H and O–H groups in total. The summed E-state index contributed by atoms with van der Waals surface area (Å²) in [5.74, 6) is 0. The van der Waals surface area contributed by atoms with E-state index in [9.17, 15) is 4.79 Å². The molecule has 0 radical (unpaired) electrons. The van der Waals surface area contributed by atoms with Gasteiger partial charge < -0.3 is 10.2 Å². The predicted octanol–water partition coefficient (Wildman–Crippen LogP) is 3.71. The average molecular weight is 387 g/mol. The number of benzene rings is 1. The zero-order valence-corrected chi connectivity index (χ0v) is 16.5. The number of hydrogen-bond acceptors (Lipinski definition) is 3. The van der Waals surface area contributed by atoms with Crippen LogP contribution in [0.1, 0.15) is 37.8 Å². The molecular formula is C23H25N5O. The normalized spacial score (nSPS) is 23.5. The molecule has 1 aromatic carbocycles. The molecule has 1 saturated heterocycles. The maximum atomic E-state index is 12.6. The third-order valence-corrected chi connectivity index (χ3v) is 7.09. The van der Waals surface area contributed by atoms with Crippen molar-refractivity contribution in [3.8, 4) is 11.3 Å². The van der Waals surface area contributed by atoms with Crippen molar-refractivity contribution in [2.75, 3.05) is 13.1 Å². The Morgan fingerprint density at radius 3 is 2.86 bits per heavy atom. The van der Waals surface area contributed by atoms with E-state index in [1.165, 1.54) is 12.1 Å². The van der Waals surface area contributed by atoms with Gasteiger partial charge in [0, 0.05) is 53.9 Å². The van der Waals surface area contributed by atoms with Gasteiger partial charge in [-0.3, -0.25) is 9.67 Å². The van der Waals surface area contributed by atoms with Crippen LogP contribution in [-0.4, -0.2) is 44.8 Å². The van der Waals surface area contributed by atoms with Crippen LogP contribution in [0.5, 0.6) is 0 Å². The number of aryl methyl sites for hydroxylation is 1. The van der Waals surface area contributed by atoms with E-state index in [0.717, 1.165) is 67.5 Å². The Balaban J connectivity index is 1.26. The van der Waals surface area contributed by atoms with Gasteiger partial charge in [-0.1, -0.05) is 18.2 Å². The molecule has 2 fully saturated rings. The van der Waals surface area contributed by atoms with Crippen LogP contribution in [0.2, 0.25) is 0 Å². The summed E-state index contributed by atoms with van der Waals surface area (Å²) in [6.07, 6.45) is 7.49. The van der Waals surface area contributed by atoms with Crippen LogP contribution in [0.15, 0.2) is 42.6 Å². The Kier molecular flexibility index (Phi) is 3.70. The van der Waals surface area contributed by atoms with Crippen LogP contribution in [-0.2, 0) is 12.0 Å². The topological polar surface area (TPSA) is 63.1 Å². The van der Waals surface area contributed by atoms with Crippen molar-refractivity contribution >= 4 is 16.9 Å². The van der Waals surface area contributed by atoms with Crippen molar-refractivity contribution in [3.05, 3.63) is 48.3 Å². The van der Waals surface area contributed by atoms with Crippen LogP contribution in [0.4, 0.5) is 4.79 Å². The van der Waals surface area contributed by atoms with Crippen molar-refractivity contribution in [1.29, 1.82) is 0 Å².